The highest BCUT2D eigenvalue weighted by atomic mass is 35.5. The molecule has 2 N–H and O–H groups in total. The van der Waals surface area contributed by atoms with Gasteiger partial charge in [-0.3, -0.25) is 0 Å². The lowest BCUT2D eigenvalue weighted by atomic mass is 9.98. The highest BCUT2D eigenvalue weighted by molar-refractivity contribution is 6.30. The summed E-state index contributed by atoms with van der Waals surface area (Å²) >= 11 is 6.18. The van der Waals surface area contributed by atoms with Crippen molar-refractivity contribution in [1.82, 2.24) is 0 Å². The Hall–Kier alpha value is -1.51. The number of benzene rings is 2. The van der Waals surface area contributed by atoms with E-state index in [1.165, 1.54) is 16.8 Å². The maximum Gasteiger partial charge on any atom is 0.0471 e. The Kier molecular flexibility index (Phi) is 3.68. The van der Waals surface area contributed by atoms with Gasteiger partial charge in [-0.15, -0.1) is 0 Å². The molecule has 3 rings (SSSR count). The van der Waals surface area contributed by atoms with Gasteiger partial charge in [0.25, 0.3) is 0 Å². The number of hydrogen-bond acceptors (Lipinski definition) is 2. The van der Waals surface area contributed by atoms with E-state index >= 15 is 0 Å². The van der Waals surface area contributed by atoms with Gasteiger partial charge in [-0.1, -0.05) is 35.4 Å². The van der Waals surface area contributed by atoms with Crippen LogP contribution >= 0.6 is 11.6 Å². The maximum atomic E-state index is 6.18. The highest BCUT2D eigenvalue weighted by Crippen LogP contribution is 2.36. The SMILES string of the molecule is Cc1ccc2c(c1)CCCN2c1cc(Cl)ccc1CN. The first-order valence-electron chi connectivity index (χ1n) is 7.04. The third kappa shape index (κ3) is 2.41. The summed E-state index contributed by atoms with van der Waals surface area (Å²) in [5, 5.41) is 0.761. The molecule has 2 aromatic carbocycles. The van der Waals surface area contributed by atoms with Gasteiger partial charge in [-0.25, -0.2) is 0 Å². The van der Waals surface area contributed by atoms with Crippen LogP contribution in [0.4, 0.5) is 11.4 Å². The number of rotatable bonds is 2. The molecule has 2 aromatic rings. The normalized spacial score (nSPS) is 14.2. The van der Waals surface area contributed by atoms with E-state index in [2.05, 4.69) is 30.0 Å². The molecule has 20 heavy (non-hydrogen) atoms. The molecule has 0 bridgehead atoms. The molecule has 0 radical (unpaired) electrons. The fourth-order valence-corrected chi connectivity index (χ4v) is 3.10. The number of nitrogens with two attached hydrogens (primary N) is 1. The molecule has 104 valence electrons. The van der Waals surface area contributed by atoms with Crippen molar-refractivity contribution in [3.63, 3.8) is 0 Å². The number of aryl methyl sites for hydroxylation is 2. The molecule has 0 aromatic heterocycles. The second kappa shape index (κ2) is 5.47. The molecule has 3 heteroatoms. The molecule has 0 aliphatic carbocycles. The Morgan fingerprint density at radius 3 is 2.80 bits per heavy atom. The Balaban J connectivity index is 2.11. The van der Waals surface area contributed by atoms with E-state index in [0.717, 1.165) is 35.7 Å². The van der Waals surface area contributed by atoms with Gasteiger partial charge >= 0.3 is 0 Å². The first-order chi connectivity index (χ1) is 9.69. The van der Waals surface area contributed by atoms with Crippen molar-refractivity contribution >= 4 is 23.0 Å². The lowest BCUT2D eigenvalue weighted by Gasteiger charge is -2.33. The molecular formula is C17H19ClN2. The van der Waals surface area contributed by atoms with E-state index in [-0.39, 0.29) is 0 Å². The van der Waals surface area contributed by atoms with Crippen molar-refractivity contribution in [3.8, 4) is 0 Å². The molecule has 0 saturated heterocycles. The second-order valence-electron chi connectivity index (χ2n) is 5.36. The molecule has 0 saturated carbocycles. The summed E-state index contributed by atoms with van der Waals surface area (Å²) in [6, 6.07) is 12.6. The Bertz CT molecular complexity index is 637. The first kappa shape index (κ1) is 13.5. The molecule has 0 atom stereocenters. The van der Waals surface area contributed by atoms with Gasteiger partial charge in [0.05, 0.1) is 0 Å². The van der Waals surface area contributed by atoms with E-state index in [4.69, 9.17) is 17.3 Å². The van der Waals surface area contributed by atoms with Crippen LogP contribution in [0.1, 0.15) is 23.1 Å². The van der Waals surface area contributed by atoms with Crippen LogP contribution in [0.2, 0.25) is 5.02 Å². The second-order valence-corrected chi connectivity index (χ2v) is 5.80. The summed E-state index contributed by atoms with van der Waals surface area (Å²) in [6.07, 6.45) is 2.30. The lowest BCUT2D eigenvalue weighted by Crippen LogP contribution is -2.26. The first-order valence-corrected chi connectivity index (χ1v) is 7.42. The highest BCUT2D eigenvalue weighted by Gasteiger charge is 2.20. The van der Waals surface area contributed by atoms with Gasteiger partial charge in [0.2, 0.25) is 0 Å². The van der Waals surface area contributed by atoms with Crippen LogP contribution in [0.25, 0.3) is 0 Å². The fraction of sp³-hybridized carbons (Fsp3) is 0.294. The zero-order valence-corrected chi connectivity index (χ0v) is 12.5. The van der Waals surface area contributed by atoms with Gasteiger partial charge < -0.3 is 10.6 Å². The largest absolute Gasteiger partial charge is 0.341 e. The van der Waals surface area contributed by atoms with Crippen LogP contribution in [0.15, 0.2) is 36.4 Å². The van der Waals surface area contributed by atoms with Crippen molar-refractivity contribution < 1.29 is 0 Å². The van der Waals surface area contributed by atoms with E-state index in [9.17, 15) is 0 Å². The average molecular weight is 287 g/mol. The lowest BCUT2D eigenvalue weighted by molar-refractivity contribution is 0.762. The molecule has 0 unspecified atom stereocenters. The van der Waals surface area contributed by atoms with Crippen molar-refractivity contribution in [2.75, 3.05) is 11.4 Å². The summed E-state index contributed by atoms with van der Waals surface area (Å²) < 4.78 is 0. The number of hydrogen-bond donors (Lipinski definition) is 1. The molecule has 1 aliphatic heterocycles. The average Bonchev–Trinajstić information content (AvgIpc) is 2.46. The Labute approximate surface area is 125 Å². The minimum atomic E-state index is 0.532. The summed E-state index contributed by atoms with van der Waals surface area (Å²) in [4.78, 5) is 2.35. The molecule has 0 fully saturated rings. The van der Waals surface area contributed by atoms with E-state index in [1.54, 1.807) is 0 Å². The van der Waals surface area contributed by atoms with Crippen molar-refractivity contribution in [2.24, 2.45) is 5.73 Å². The molecule has 1 aliphatic rings. The van der Waals surface area contributed by atoms with Gasteiger partial charge in [-0.2, -0.15) is 0 Å². The minimum absolute atomic E-state index is 0.532. The summed E-state index contributed by atoms with van der Waals surface area (Å²) in [7, 11) is 0. The molecule has 1 heterocycles. The summed E-state index contributed by atoms with van der Waals surface area (Å²) in [5.74, 6) is 0. The van der Waals surface area contributed by atoms with Gasteiger partial charge in [0.1, 0.15) is 0 Å². The quantitative estimate of drug-likeness (QED) is 0.897. The third-order valence-corrected chi connectivity index (χ3v) is 4.15. The third-order valence-electron chi connectivity index (χ3n) is 3.91. The maximum absolute atomic E-state index is 6.18. The van der Waals surface area contributed by atoms with E-state index in [1.807, 2.05) is 18.2 Å². The van der Waals surface area contributed by atoms with E-state index in [0.29, 0.717) is 6.54 Å². The van der Waals surface area contributed by atoms with Crippen LogP contribution < -0.4 is 10.6 Å². The Morgan fingerprint density at radius 2 is 2.00 bits per heavy atom. The van der Waals surface area contributed by atoms with Crippen LogP contribution in [0.3, 0.4) is 0 Å². The van der Waals surface area contributed by atoms with Crippen LogP contribution in [-0.4, -0.2) is 6.54 Å². The number of halogens is 1. The monoisotopic (exact) mass is 286 g/mol. The number of fused-ring (bicyclic) bond motifs is 1. The summed E-state index contributed by atoms with van der Waals surface area (Å²) in [5.41, 5.74) is 12.2. The number of anilines is 2. The van der Waals surface area contributed by atoms with Crippen LogP contribution in [-0.2, 0) is 13.0 Å². The van der Waals surface area contributed by atoms with Crippen LogP contribution in [0, 0.1) is 6.92 Å². The van der Waals surface area contributed by atoms with Crippen molar-refractivity contribution in [2.45, 2.75) is 26.3 Å². The smallest absolute Gasteiger partial charge is 0.0471 e. The molecule has 0 spiro atoms. The van der Waals surface area contributed by atoms with E-state index < -0.39 is 0 Å². The minimum Gasteiger partial charge on any atom is -0.341 e. The van der Waals surface area contributed by atoms with Crippen LogP contribution in [0.5, 0.6) is 0 Å². The predicted molar refractivity (Wildman–Crippen MR) is 85.8 cm³/mol. The topological polar surface area (TPSA) is 29.3 Å². The van der Waals surface area contributed by atoms with Gasteiger partial charge in [0, 0.05) is 29.5 Å². The predicted octanol–water partition coefficient (Wildman–Crippen LogP) is 4.19. The molecular weight excluding hydrogens is 268 g/mol. The summed E-state index contributed by atoms with van der Waals surface area (Å²) in [6.45, 7) is 3.69. The zero-order valence-electron chi connectivity index (χ0n) is 11.7. The molecule has 0 amide bonds. The standard InChI is InChI=1S/C17H19ClN2/c1-12-4-7-16-13(9-12)3-2-8-20(16)17-10-15(18)6-5-14(17)11-19/h4-7,9-10H,2-3,8,11,19H2,1H3. The fourth-order valence-electron chi connectivity index (χ4n) is 2.94. The zero-order chi connectivity index (χ0) is 14.1. The van der Waals surface area contributed by atoms with Crippen molar-refractivity contribution in [1.29, 1.82) is 0 Å². The van der Waals surface area contributed by atoms with Crippen molar-refractivity contribution in [3.05, 3.63) is 58.1 Å². The molecule has 2 nitrogen and oxygen atoms in total. The van der Waals surface area contributed by atoms with Gasteiger partial charge in [-0.05, 0) is 49.1 Å². The Morgan fingerprint density at radius 1 is 1.15 bits per heavy atom. The van der Waals surface area contributed by atoms with Gasteiger partial charge in [0.15, 0.2) is 0 Å². The number of nitrogens with zero attached hydrogens (tertiary/aromatic N) is 1.